The van der Waals surface area contributed by atoms with Crippen LogP contribution < -0.4 is 5.32 Å². The second kappa shape index (κ2) is 10.4. The maximum Gasteiger partial charge on any atom is 0.374 e. The number of anilines is 1. The van der Waals surface area contributed by atoms with E-state index >= 15 is 0 Å². The van der Waals surface area contributed by atoms with E-state index in [1.807, 2.05) is 0 Å². The Labute approximate surface area is 214 Å². The molecular formula is C28H40N6O2. The molecule has 36 heavy (non-hydrogen) atoms. The van der Waals surface area contributed by atoms with Gasteiger partial charge in [0.1, 0.15) is 11.3 Å². The number of aromatic nitrogens is 4. The highest BCUT2D eigenvalue weighted by atomic mass is 16.4. The Kier molecular flexibility index (Phi) is 7.21. The average molecular weight is 493 g/mol. The molecule has 2 aliphatic carbocycles. The smallest absolute Gasteiger partial charge is 0.374 e. The first kappa shape index (κ1) is 25.0. The summed E-state index contributed by atoms with van der Waals surface area (Å²) < 4.78 is 2.33. The first-order valence-electron chi connectivity index (χ1n) is 13.8. The minimum atomic E-state index is -1.12. The molecule has 0 radical (unpaired) electrons. The molecule has 1 aliphatic heterocycles. The summed E-state index contributed by atoms with van der Waals surface area (Å²) in [6, 6.07) is 0.393. The Balaban J connectivity index is 1.59. The van der Waals surface area contributed by atoms with Crippen LogP contribution in [0.4, 0.5) is 5.82 Å². The van der Waals surface area contributed by atoms with E-state index in [1.54, 1.807) is 0 Å². The lowest BCUT2D eigenvalue weighted by molar-refractivity contribution is 0.0684. The number of terminal acetylenes is 1. The van der Waals surface area contributed by atoms with Gasteiger partial charge in [0.2, 0.25) is 5.82 Å². The van der Waals surface area contributed by atoms with Gasteiger partial charge in [-0.3, -0.25) is 4.90 Å². The Morgan fingerprint density at radius 1 is 1.17 bits per heavy atom. The van der Waals surface area contributed by atoms with E-state index in [9.17, 15) is 9.90 Å². The summed E-state index contributed by atoms with van der Waals surface area (Å²) in [7, 11) is 2.17. The molecule has 0 aromatic carbocycles. The van der Waals surface area contributed by atoms with Gasteiger partial charge in [0.05, 0.1) is 6.04 Å². The van der Waals surface area contributed by atoms with Crippen molar-refractivity contribution in [3.05, 3.63) is 11.6 Å². The van der Waals surface area contributed by atoms with E-state index in [4.69, 9.17) is 11.4 Å². The van der Waals surface area contributed by atoms with Gasteiger partial charge >= 0.3 is 5.97 Å². The number of rotatable bonds is 7. The van der Waals surface area contributed by atoms with Crippen LogP contribution in [0.25, 0.3) is 11.2 Å². The molecule has 3 unspecified atom stereocenters. The van der Waals surface area contributed by atoms with Gasteiger partial charge in [0.25, 0.3) is 0 Å². The second-order valence-corrected chi connectivity index (χ2v) is 11.6. The molecule has 1 saturated heterocycles. The van der Waals surface area contributed by atoms with Crippen molar-refractivity contribution in [2.45, 2.75) is 90.3 Å². The number of carboxylic acid groups (broad SMARTS) is 1. The van der Waals surface area contributed by atoms with E-state index in [2.05, 4.69) is 51.6 Å². The molecule has 2 aromatic rings. The fourth-order valence-electron chi connectivity index (χ4n) is 6.29. The minimum absolute atomic E-state index is 0.176. The Morgan fingerprint density at radius 2 is 1.92 bits per heavy atom. The number of carbonyl (C=O) groups is 1. The van der Waals surface area contributed by atoms with E-state index in [0.29, 0.717) is 35.1 Å². The van der Waals surface area contributed by atoms with Crippen molar-refractivity contribution in [3.8, 4) is 12.3 Å². The van der Waals surface area contributed by atoms with Gasteiger partial charge in [-0.05, 0) is 89.6 Å². The predicted molar refractivity (Wildman–Crippen MR) is 141 cm³/mol. The van der Waals surface area contributed by atoms with Gasteiger partial charge in [-0.15, -0.1) is 12.3 Å². The number of fused-ring (bicyclic) bond motifs is 1. The Hall–Kier alpha value is -2.66. The maximum atomic E-state index is 11.9. The summed E-state index contributed by atoms with van der Waals surface area (Å²) in [4.78, 5) is 28.3. The molecule has 2 N–H and O–H groups in total. The number of aromatic carboxylic acids is 1. The molecule has 3 fully saturated rings. The zero-order valence-corrected chi connectivity index (χ0v) is 21.9. The fourth-order valence-corrected chi connectivity index (χ4v) is 6.29. The van der Waals surface area contributed by atoms with Crippen molar-refractivity contribution in [2.75, 3.05) is 18.9 Å². The molecule has 0 bridgehead atoms. The molecule has 2 aromatic heterocycles. The summed E-state index contributed by atoms with van der Waals surface area (Å²) in [5, 5.41) is 13.4. The zero-order valence-electron chi connectivity index (χ0n) is 21.9. The summed E-state index contributed by atoms with van der Waals surface area (Å²) in [6.07, 6.45) is 15.9. The molecule has 194 valence electrons. The third kappa shape index (κ3) is 4.95. The number of imidazole rings is 1. The van der Waals surface area contributed by atoms with E-state index in [1.165, 1.54) is 25.7 Å². The van der Waals surface area contributed by atoms with Crippen molar-refractivity contribution in [1.82, 2.24) is 24.4 Å². The molecule has 3 heterocycles. The number of nitrogens with zero attached hydrogens (tertiary/aromatic N) is 5. The summed E-state index contributed by atoms with van der Waals surface area (Å²) in [5.41, 5.74) is 1.34. The lowest BCUT2D eigenvalue weighted by Gasteiger charge is -2.36. The quantitative estimate of drug-likeness (QED) is 0.527. The van der Waals surface area contributed by atoms with E-state index < -0.39 is 5.97 Å². The highest BCUT2D eigenvalue weighted by Crippen LogP contribution is 2.38. The van der Waals surface area contributed by atoms with Crippen LogP contribution in [0.15, 0.2) is 0 Å². The van der Waals surface area contributed by atoms with Crippen LogP contribution in [0.1, 0.15) is 94.1 Å². The van der Waals surface area contributed by atoms with E-state index in [0.717, 1.165) is 56.5 Å². The molecule has 5 rings (SSSR count). The number of nitrogens with one attached hydrogen (secondary N) is 1. The minimum Gasteiger partial charge on any atom is -0.475 e. The Bertz CT molecular complexity index is 1140. The van der Waals surface area contributed by atoms with Crippen LogP contribution in [-0.2, 0) is 6.54 Å². The summed E-state index contributed by atoms with van der Waals surface area (Å²) in [6.45, 7) is 6.35. The summed E-state index contributed by atoms with van der Waals surface area (Å²) >= 11 is 0. The lowest BCUT2D eigenvalue weighted by atomic mass is 9.80. The van der Waals surface area contributed by atoms with Gasteiger partial charge in [0.15, 0.2) is 11.5 Å². The van der Waals surface area contributed by atoms with Crippen LogP contribution >= 0.6 is 0 Å². The molecule has 8 nitrogen and oxygen atoms in total. The maximum absolute atomic E-state index is 11.9. The van der Waals surface area contributed by atoms with Gasteiger partial charge in [0, 0.05) is 18.5 Å². The number of hydrogen-bond acceptors (Lipinski definition) is 6. The number of carboxylic acids is 1. The van der Waals surface area contributed by atoms with Crippen molar-refractivity contribution < 1.29 is 9.90 Å². The first-order chi connectivity index (χ1) is 17.3. The van der Waals surface area contributed by atoms with Gasteiger partial charge < -0.3 is 15.0 Å². The monoisotopic (exact) mass is 492 g/mol. The average Bonchev–Trinajstić information content (AvgIpc) is 3.18. The summed E-state index contributed by atoms with van der Waals surface area (Å²) in [5.74, 6) is 5.32. The molecule has 3 aliphatic rings. The molecular weight excluding hydrogens is 452 g/mol. The second-order valence-electron chi connectivity index (χ2n) is 11.6. The van der Waals surface area contributed by atoms with Crippen LogP contribution in [0.3, 0.4) is 0 Å². The molecule has 0 spiro atoms. The molecule has 0 amide bonds. The third-order valence-electron chi connectivity index (χ3n) is 9.00. The third-order valence-corrected chi connectivity index (χ3v) is 9.00. The van der Waals surface area contributed by atoms with Gasteiger partial charge in [-0.1, -0.05) is 13.3 Å². The number of hydrogen-bond donors (Lipinski definition) is 2. The van der Waals surface area contributed by atoms with E-state index in [-0.39, 0.29) is 17.9 Å². The molecule has 8 heteroatoms. The van der Waals surface area contributed by atoms with Crippen molar-refractivity contribution >= 4 is 23.0 Å². The van der Waals surface area contributed by atoms with Gasteiger partial charge in [-0.25, -0.2) is 19.7 Å². The Morgan fingerprint density at radius 3 is 2.56 bits per heavy atom. The van der Waals surface area contributed by atoms with Crippen LogP contribution in [0, 0.1) is 36.0 Å². The highest BCUT2D eigenvalue weighted by Gasteiger charge is 2.33. The van der Waals surface area contributed by atoms with Crippen LogP contribution in [0.5, 0.6) is 0 Å². The predicted octanol–water partition coefficient (Wildman–Crippen LogP) is 4.97. The largest absolute Gasteiger partial charge is 0.475 e. The van der Waals surface area contributed by atoms with Crippen molar-refractivity contribution in [1.29, 1.82) is 0 Å². The molecule has 2 saturated carbocycles. The number of piperidine rings is 1. The zero-order chi connectivity index (χ0) is 25.4. The standard InChI is InChI=1S/C28H40N6O2/c1-5-19-9-11-20(12-10-19)16-34-23-24(29-18(3)21-7-6-8-21)30-26(28(35)36)31-25(23)32-27(34)22-15-17(2)13-14-33(22)4/h1,17-22H,6-16H2,2-4H3,(H,35,36)(H,29,30,31). The topological polar surface area (TPSA) is 96.2 Å². The highest BCUT2D eigenvalue weighted by molar-refractivity contribution is 5.90. The SMILES string of the molecule is C#CC1CCC(Cn2c(C3CC(C)CCN3C)nc3nc(C(=O)O)nc(NC(C)C4CCC4)c32)CC1. The normalized spacial score (nSPS) is 28.4. The van der Waals surface area contributed by atoms with Crippen LogP contribution in [-0.4, -0.2) is 55.1 Å². The lowest BCUT2D eigenvalue weighted by Crippen LogP contribution is -2.35. The first-order valence-corrected chi connectivity index (χ1v) is 13.8. The van der Waals surface area contributed by atoms with Gasteiger partial charge in [-0.2, -0.15) is 0 Å². The fraction of sp³-hybridized carbons (Fsp3) is 0.714. The van der Waals surface area contributed by atoms with Crippen molar-refractivity contribution in [3.63, 3.8) is 0 Å². The van der Waals surface area contributed by atoms with Crippen molar-refractivity contribution in [2.24, 2.45) is 23.7 Å². The van der Waals surface area contributed by atoms with Crippen LogP contribution in [0.2, 0.25) is 0 Å². The molecule has 3 atom stereocenters. The number of likely N-dealkylation sites (tertiary alicyclic amines) is 1.